The number of methoxy groups -OCH3 is 1. The molecule has 0 saturated heterocycles. The lowest BCUT2D eigenvalue weighted by atomic mass is 10.1. The monoisotopic (exact) mass is 273 g/mol. The number of nitrogens with zero attached hydrogens (tertiary/aromatic N) is 1. The minimum Gasteiger partial charge on any atom is -0.493 e. The molecule has 0 saturated carbocycles. The molecule has 0 radical (unpaired) electrons. The second kappa shape index (κ2) is 6.39. The number of aromatic nitrogens is 1. The number of rotatable bonds is 5. The molecule has 1 heterocycles. The van der Waals surface area contributed by atoms with E-state index in [4.69, 9.17) is 9.47 Å². The van der Waals surface area contributed by atoms with Gasteiger partial charge in [-0.15, -0.1) is 0 Å². The van der Waals surface area contributed by atoms with Gasteiger partial charge in [0.05, 0.1) is 13.2 Å². The first-order valence-corrected chi connectivity index (χ1v) is 6.62. The lowest BCUT2D eigenvalue weighted by molar-refractivity contribution is 0.198. The Bertz CT molecular complexity index is 564. The standard InChI is InChI=1S/C16H19NO3/c1-4-12-5-7-14(15(9-12)19-3)20-16-8-6-13(10-17-16)11(2)18/h5-11,18H,4H2,1-3H3/t11-/m0/s1. The van der Waals surface area contributed by atoms with Crippen molar-refractivity contribution in [2.45, 2.75) is 26.4 Å². The predicted molar refractivity (Wildman–Crippen MR) is 77.3 cm³/mol. The van der Waals surface area contributed by atoms with Gasteiger partial charge in [-0.05, 0) is 42.7 Å². The molecule has 0 aliphatic rings. The van der Waals surface area contributed by atoms with Crippen molar-refractivity contribution in [3.63, 3.8) is 0 Å². The first-order valence-electron chi connectivity index (χ1n) is 6.62. The van der Waals surface area contributed by atoms with Gasteiger partial charge in [-0.3, -0.25) is 0 Å². The van der Waals surface area contributed by atoms with Crippen LogP contribution in [0.3, 0.4) is 0 Å². The van der Waals surface area contributed by atoms with Gasteiger partial charge in [0.2, 0.25) is 5.88 Å². The van der Waals surface area contributed by atoms with E-state index in [0.717, 1.165) is 12.0 Å². The average molecular weight is 273 g/mol. The molecule has 0 fully saturated rings. The van der Waals surface area contributed by atoms with Crippen molar-refractivity contribution in [1.29, 1.82) is 0 Å². The summed E-state index contributed by atoms with van der Waals surface area (Å²) < 4.78 is 11.0. The fourth-order valence-electron chi connectivity index (χ4n) is 1.83. The Hall–Kier alpha value is -2.07. The second-order valence-corrected chi connectivity index (χ2v) is 4.55. The maximum absolute atomic E-state index is 9.44. The first kappa shape index (κ1) is 14.3. The fourth-order valence-corrected chi connectivity index (χ4v) is 1.83. The molecule has 0 aliphatic heterocycles. The number of aryl methyl sites for hydroxylation is 1. The van der Waals surface area contributed by atoms with Crippen molar-refractivity contribution in [3.8, 4) is 17.4 Å². The van der Waals surface area contributed by atoms with Gasteiger partial charge in [0, 0.05) is 12.3 Å². The molecule has 4 nitrogen and oxygen atoms in total. The number of benzene rings is 1. The van der Waals surface area contributed by atoms with Crippen LogP contribution in [0.25, 0.3) is 0 Å². The topological polar surface area (TPSA) is 51.6 Å². The number of aliphatic hydroxyl groups is 1. The van der Waals surface area contributed by atoms with E-state index in [2.05, 4.69) is 11.9 Å². The average Bonchev–Trinajstić information content (AvgIpc) is 2.48. The predicted octanol–water partition coefficient (Wildman–Crippen LogP) is 3.50. The van der Waals surface area contributed by atoms with Crippen molar-refractivity contribution in [1.82, 2.24) is 4.98 Å². The molecule has 0 amide bonds. The van der Waals surface area contributed by atoms with Gasteiger partial charge in [-0.2, -0.15) is 0 Å². The summed E-state index contributed by atoms with van der Waals surface area (Å²) in [5.41, 5.74) is 1.94. The maximum atomic E-state index is 9.44. The molecule has 106 valence electrons. The van der Waals surface area contributed by atoms with Crippen molar-refractivity contribution in [3.05, 3.63) is 47.7 Å². The zero-order chi connectivity index (χ0) is 14.5. The summed E-state index contributed by atoms with van der Waals surface area (Å²) in [6.45, 7) is 3.79. The Morgan fingerprint density at radius 2 is 2.00 bits per heavy atom. The summed E-state index contributed by atoms with van der Waals surface area (Å²) in [5.74, 6) is 1.78. The second-order valence-electron chi connectivity index (χ2n) is 4.55. The van der Waals surface area contributed by atoms with Gasteiger partial charge in [0.15, 0.2) is 11.5 Å². The normalized spacial score (nSPS) is 12.0. The molecule has 4 heteroatoms. The molecule has 20 heavy (non-hydrogen) atoms. The number of hydrogen-bond acceptors (Lipinski definition) is 4. The SMILES string of the molecule is CCc1ccc(Oc2ccc([C@H](C)O)cn2)c(OC)c1. The Kier molecular flexibility index (Phi) is 4.58. The number of hydrogen-bond donors (Lipinski definition) is 1. The van der Waals surface area contributed by atoms with E-state index < -0.39 is 6.10 Å². The van der Waals surface area contributed by atoms with Crippen molar-refractivity contribution >= 4 is 0 Å². The molecule has 2 aromatic rings. The molecule has 1 aromatic heterocycles. The molecular weight excluding hydrogens is 254 g/mol. The first-order chi connectivity index (χ1) is 9.63. The Labute approximate surface area is 119 Å². The van der Waals surface area contributed by atoms with Gasteiger partial charge in [-0.25, -0.2) is 4.98 Å². The molecular formula is C16H19NO3. The van der Waals surface area contributed by atoms with Crippen LogP contribution in [0.2, 0.25) is 0 Å². The molecule has 0 spiro atoms. The van der Waals surface area contributed by atoms with Crippen molar-refractivity contribution < 1.29 is 14.6 Å². The molecule has 0 unspecified atom stereocenters. The number of pyridine rings is 1. The smallest absolute Gasteiger partial charge is 0.219 e. The van der Waals surface area contributed by atoms with Crippen LogP contribution in [0, 0.1) is 0 Å². The van der Waals surface area contributed by atoms with E-state index in [1.54, 1.807) is 32.4 Å². The van der Waals surface area contributed by atoms with Gasteiger partial charge in [0.1, 0.15) is 0 Å². The number of aliphatic hydroxyl groups excluding tert-OH is 1. The van der Waals surface area contributed by atoms with Crippen LogP contribution in [0.4, 0.5) is 0 Å². The van der Waals surface area contributed by atoms with Crippen LogP contribution in [-0.2, 0) is 6.42 Å². The zero-order valence-electron chi connectivity index (χ0n) is 12.0. The van der Waals surface area contributed by atoms with E-state index in [0.29, 0.717) is 17.4 Å². The van der Waals surface area contributed by atoms with Crippen LogP contribution in [0.15, 0.2) is 36.5 Å². The van der Waals surface area contributed by atoms with E-state index in [-0.39, 0.29) is 0 Å². The maximum Gasteiger partial charge on any atom is 0.219 e. The molecule has 1 aromatic carbocycles. The third kappa shape index (κ3) is 3.27. The third-order valence-corrected chi connectivity index (χ3v) is 3.09. The van der Waals surface area contributed by atoms with Gasteiger partial charge >= 0.3 is 0 Å². The largest absolute Gasteiger partial charge is 0.493 e. The Morgan fingerprint density at radius 3 is 2.55 bits per heavy atom. The van der Waals surface area contributed by atoms with Gasteiger partial charge < -0.3 is 14.6 Å². The minimum absolute atomic E-state index is 0.469. The van der Waals surface area contributed by atoms with Gasteiger partial charge in [-0.1, -0.05) is 13.0 Å². The number of ether oxygens (including phenoxy) is 2. The summed E-state index contributed by atoms with van der Waals surface area (Å²) in [4.78, 5) is 4.18. The minimum atomic E-state index is -0.532. The zero-order valence-corrected chi connectivity index (χ0v) is 12.0. The highest BCUT2D eigenvalue weighted by molar-refractivity contribution is 5.44. The van der Waals surface area contributed by atoms with E-state index in [9.17, 15) is 5.11 Å². The van der Waals surface area contributed by atoms with Crippen LogP contribution >= 0.6 is 0 Å². The Balaban J connectivity index is 2.20. The molecule has 1 N–H and O–H groups in total. The van der Waals surface area contributed by atoms with Crippen molar-refractivity contribution in [2.24, 2.45) is 0 Å². The Morgan fingerprint density at radius 1 is 1.20 bits per heavy atom. The fraction of sp³-hybridized carbons (Fsp3) is 0.312. The van der Waals surface area contributed by atoms with Crippen LogP contribution in [0.5, 0.6) is 17.4 Å². The van der Waals surface area contributed by atoms with Crippen LogP contribution < -0.4 is 9.47 Å². The van der Waals surface area contributed by atoms with Crippen LogP contribution in [-0.4, -0.2) is 17.2 Å². The van der Waals surface area contributed by atoms with Gasteiger partial charge in [0.25, 0.3) is 0 Å². The van der Waals surface area contributed by atoms with E-state index in [1.165, 1.54) is 5.56 Å². The van der Waals surface area contributed by atoms with E-state index in [1.807, 2.05) is 18.2 Å². The highest BCUT2D eigenvalue weighted by atomic mass is 16.5. The lowest BCUT2D eigenvalue weighted by Gasteiger charge is -2.11. The molecule has 0 aliphatic carbocycles. The third-order valence-electron chi connectivity index (χ3n) is 3.09. The molecule has 1 atom stereocenters. The summed E-state index contributed by atoms with van der Waals surface area (Å²) in [7, 11) is 1.62. The van der Waals surface area contributed by atoms with Crippen LogP contribution in [0.1, 0.15) is 31.1 Å². The van der Waals surface area contributed by atoms with E-state index >= 15 is 0 Å². The quantitative estimate of drug-likeness (QED) is 0.906. The van der Waals surface area contributed by atoms with Crippen molar-refractivity contribution in [2.75, 3.05) is 7.11 Å². The molecule has 2 rings (SSSR count). The highest BCUT2D eigenvalue weighted by Gasteiger charge is 2.08. The summed E-state index contributed by atoms with van der Waals surface area (Å²) in [6, 6.07) is 9.36. The summed E-state index contributed by atoms with van der Waals surface area (Å²) in [6.07, 6.45) is 2.01. The summed E-state index contributed by atoms with van der Waals surface area (Å²) in [5, 5.41) is 9.44. The lowest BCUT2D eigenvalue weighted by Crippen LogP contribution is -1.95. The summed E-state index contributed by atoms with van der Waals surface area (Å²) >= 11 is 0. The molecule has 0 bridgehead atoms. The highest BCUT2D eigenvalue weighted by Crippen LogP contribution is 2.31.